The minimum atomic E-state index is -0.534. The Morgan fingerprint density at radius 2 is 2.22 bits per heavy atom. The van der Waals surface area contributed by atoms with E-state index >= 15 is 0 Å². The van der Waals surface area contributed by atoms with Gasteiger partial charge in [-0.25, -0.2) is 4.68 Å². The summed E-state index contributed by atoms with van der Waals surface area (Å²) < 4.78 is 1.49. The normalized spacial score (nSPS) is 19.6. The predicted molar refractivity (Wildman–Crippen MR) is 67.0 cm³/mol. The number of rotatable bonds is 2. The fourth-order valence-electron chi connectivity index (χ4n) is 1.63. The standard InChI is InChI=1S/C10H11BrN4O3/c1-15-10(18)8(11)6(4-12-15)13-5-2-3-7(16)14-9(5)17/h4-5,13H,2-3H2,1H3,(H,14,16,17). The average Bonchev–Trinajstić information content (AvgIpc) is 2.33. The Labute approximate surface area is 111 Å². The van der Waals surface area contributed by atoms with E-state index in [0.29, 0.717) is 16.6 Å². The maximum atomic E-state index is 11.6. The molecule has 1 aromatic heterocycles. The van der Waals surface area contributed by atoms with Crippen LogP contribution in [0.4, 0.5) is 5.69 Å². The summed E-state index contributed by atoms with van der Waals surface area (Å²) >= 11 is 3.16. The maximum Gasteiger partial charge on any atom is 0.282 e. The van der Waals surface area contributed by atoms with Gasteiger partial charge in [0.15, 0.2) is 0 Å². The molecule has 96 valence electrons. The molecule has 18 heavy (non-hydrogen) atoms. The van der Waals surface area contributed by atoms with Crippen LogP contribution in [0.2, 0.25) is 0 Å². The van der Waals surface area contributed by atoms with Gasteiger partial charge < -0.3 is 5.32 Å². The van der Waals surface area contributed by atoms with E-state index in [4.69, 9.17) is 0 Å². The van der Waals surface area contributed by atoms with E-state index < -0.39 is 6.04 Å². The summed E-state index contributed by atoms with van der Waals surface area (Å²) in [4.78, 5) is 34.2. The van der Waals surface area contributed by atoms with Crippen molar-refractivity contribution in [3.05, 3.63) is 21.0 Å². The number of anilines is 1. The number of piperidine rings is 1. The molecule has 8 heteroatoms. The molecule has 0 aliphatic carbocycles. The molecular weight excluding hydrogens is 304 g/mol. The topological polar surface area (TPSA) is 93.1 Å². The molecule has 0 bridgehead atoms. The van der Waals surface area contributed by atoms with Gasteiger partial charge in [-0.3, -0.25) is 19.7 Å². The first-order chi connectivity index (χ1) is 8.49. The van der Waals surface area contributed by atoms with Crippen LogP contribution in [0, 0.1) is 0 Å². The second-order valence-electron chi connectivity index (χ2n) is 3.95. The van der Waals surface area contributed by atoms with E-state index in [1.54, 1.807) is 0 Å². The lowest BCUT2D eigenvalue weighted by Gasteiger charge is -2.23. The van der Waals surface area contributed by atoms with Crippen LogP contribution in [-0.2, 0) is 16.6 Å². The van der Waals surface area contributed by atoms with Gasteiger partial charge in [-0.15, -0.1) is 0 Å². The number of imide groups is 1. The Morgan fingerprint density at radius 3 is 2.89 bits per heavy atom. The molecule has 0 aromatic carbocycles. The van der Waals surface area contributed by atoms with Crippen molar-refractivity contribution in [1.82, 2.24) is 15.1 Å². The number of hydrogen-bond acceptors (Lipinski definition) is 5. The highest BCUT2D eigenvalue weighted by Gasteiger charge is 2.27. The Bertz CT molecular complexity index is 569. The Kier molecular flexibility index (Phi) is 3.46. The molecule has 7 nitrogen and oxygen atoms in total. The third-order valence-electron chi connectivity index (χ3n) is 2.65. The van der Waals surface area contributed by atoms with Crippen LogP contribution in [0.15, 0.2) is 15.5 Å². The summed E-state index contributed by atoms with van der Waals surface area (Å²) in [6, 6.07) is -0.534. The summed E-state index contributed by atoms with van der Waals surface area (Å²) in [5.41, 5.74) is 0.139. The van der Waals surface area contributed by atoms with Crippen molar-refractivity contribution in [2.75, 3.05) is 5.32 Å². The SMILES string of the molecule is Cn1ncc(NC2CCC(=O)NC2=O)c(Br)c1=O. The van der Waals surface area contributed by atoms with Gasteiger partial charge in [0.25, 0.3) is 5.56 Å². The fraction of sp³-hybridized carbons (Fsp3) is 0.400. The number of aryl methyl sites for hydroxylation is 1. The molecular formula is C10H11BrN4O3. The molecule has 1 aliphatic heterocycles. The molecule has 1 saturated heterocycles. The van der Waals surface area contributed by atoms with Crippen molar-refractivity contribution in [3.63, 3.8) is 0 Å². The van der Waals surface area contributed by atoms with Crippen molar-refractivity contribution in [1.29, 1.82) is 0 Å². The highest BCUT2D eigenvalue weighted by atomic mass is 79.9. The molecule has 0 spiro atoms. The quantitative estimate of drug-likeness (QED) is 0.735. The number of carbonyl (C=O) groups is 2. The number of nitrogens with zero attached hydrogens (tertiary/aromatic N) is 2. The Hall–Kier alpha value is -1.70. The van der Waals surface area contributed by atoms with E-state index in [1.807, 2.05) is 0 Å². The molecule has 2 amide bonds. The second kappa shape index (κ2) is 4.89. The molecule has 1 aliphatic rings. The third-order valence-corrected chi connectivity index (χ3v) is 3.41. The largest absolute Gasteiger partial charge is 0.371 e. The fourth-order valence-corrected chi connectivity index (χ4v) is 2.10. The third kappa shape index (κ3) is 2.42. The number of halogens is 1. The Morgan fingerprint density at radius 1 is 1.50 bits per heavy atom. The number of amides is 2. The highest BCUT2D eigenvalue weighted by Crippen LogP contribution is 2.19. The lowest BCUT2D eigenvalue weighted by molar-refractivity contribution is -0.133. The van der Waals surface area contributed by atoms with Gasteiger partial charge in [0.1, 0.15) is 10.5 Å². The number of hydrogen-bond donors (Lipinski definition) is 2. The van der Waals surface area contributed by atoms with Crippen LogP contribution < -0.4 is 16.2 Å². The molecule has 2 N–H and O–H groups in total. The number of aromatic nitrogens is 2. The van der Waals surface area contributed by atoms with Gasteiger partial charge in [-0.2, -0.15) is 5.10 Å². The number of nitrogens with one attached hydrogen (secondary N) is 2. The van der Waals surface area contributed by atoms with Gasteiger partial charge in [0, 0.05) is 13.5 Å². The zero-order valence-corrected chi connectivity index (χ0v) is 11.2. The monoisotopic (exact) mass is 314 g/mol. The van der Waals surface area contributed by atoms with Crippen molar-refractivity contribution in [3.8, 4) is 0 Å². The van der Waals surface area contributed by atoms with Crippen LogP contribution in [0.3, 0.4) is 0 Å². The lowest BCUT2D eigenvalue weighted by Crippen LogP contribution is -2.47. The molecule has 2 heterocycles. The first kappa shape index (κ1) is 12.7. The van der Waals surface area contributed by atoms with Gasteiger partial charge in [-0.1, -0.05) is 0 Å². The molecule has 2 rings (SSSR count). The van der Waals surface area contributed by atoms with Crippen LogP contribution in [0.25, 0.3) is 0 Å². The summed E-state index contributed by atoms with van der Waals surface area (Å²) in [6.45, 7) is 0. The molecule has 1 unspecified atom stereocenters. The maximum absolute atomic E-state index is 11.6. The van der Waals surface area contributed by atoms with Gasteiger partial charge >= 0.3 is 0 Å². The molecule has 1 fully saturated rings. The zero-order chi connectivity index (χ0) is 13.3. The summed E-state index contributed by atoms with van der Waals surface area (Å²) in [7, 11) is 1.53. The van der Waals surface area contributed by atoms with Gasteiger partial charge in [0.2, 0.25) is 11.8 Å². The smallest absolute Gasteiger partial charge is 0.282 e. The van der Waals surface area contributed by atoms with Crippen molar-refractivity contribution in [2.45, 2.75) is 18.9 Å². The van der Waals surface area contributed by atoms with Gasteiger partial charge in [0.05, 0.1) is 11.9 Å². The van der Waals surface area contributed by atoms with Crippen LogP contribution in [0.5, 0.6) is 0 Å². The Balaban J connectivity index is 2.20. The van der Waals surface area contributed by atoms with E-state index in [1.165, 1.54) is 17.9 Å². The number of carbonyl (C=O) groups excluding carboxylic acids is 2. The molecule has 1 atom stereocenters. The second-order valence-corrected chi connectivity index (χ2v) is 4.74. The first-order valence-corrected chi connectivity index (χ1v) is 6.10. The van der Waals surface area contributed by atoms with Crippen LogP contribution in [0.1, 0.15) is 12.8 Å². The van der Waals surface area contributed by atoms with Crippen molar-refractivity contribution in [2.24, 2.45) is 7.05 Å². The molecule has 0 saturated carbocycles. The van der Waals surface area contributed by atoms with E-state index in [-0.39, 0.29) is 23.8 Å². The van der Waals surface area contributed by atoms with E-state index in [9.17, 15) is 14.4 Å². The summed E-state index contributed by atoms with van der Waals surface area (Å²) in [6.07, 6.45) is 2.13. The average molecular weight is 315 g/mol. The van der Waals surface area contributed by atoms with Crippen molar-refractivity contribution >= 4 is 33.4 Å². The minimum absolute atomic E-state index is 0.277. The summed E-state index contributed by atoms with van der Waals surface area (Å²) in [5, 5.41) is 8.99. The van der Waals surface area contributed by atoms with Crippen molar-refractivity contribution < 1.29 is 9.59 Å². The minimum Gasteiger partial charge on any atom is -0.371 e. The molecule has 0 radical (unpaired) electrons. The van der Waals surface area contributed by atoms with E-state index in [2.05, 4.69) is 31.7 Å². The van der Waals surface area contributed by atoms with E-state index in [0.717, 1.165) is 0 Å². The lowest BCUT2D eigenvalue weighted by atomic mass is 10.1. The zero-order valence-electron chi connectivity index (χ0n) is 9.57. The highest BCUT2D eigenvalue weighted by molar-refractivity contribution is 9.10. The first-order valence-electron chi connectivity index (χ1n) is 5.31. The van der Waals surface area contributed by atoms with Gasteiger partial charge in [-0.05, 0) is 22.4 Å². The van der Waals surface area contributed by atoms with Crippen LogP contribution in [-0.4, -0.2) is 27.6 Å². The predicted octanol–water partition coefficient (Wildman–Crippen LogP) is -0.240. The summed E-state index contributed by atoms with van der Waals surface area (Å²) in [5.74, 6) is -0.668. The van der Waals surface area contributed by atoms with Crippen LogP contribution >= 0.6 is 15.9 Å². The molecule has 1 aromatic rings.